The van der Waals surface area contributed by atoms with Crippen LogP contribution in [0.25, 0.3) is 0 Å². The number of carbonyl (C=O) groups is 2. The average Bonchev–Trinajstić information content (AvgIpc) is 2.56. The summed E-state index contributed by atoms with van der Waals surface area (Å²) < 4.78 is 0. The molecule has 0 bridgehead atoms. The van der Waals surface area contributed by atoms with Crippen molar-refractivity contribution >= 4 is 17.8 Å². The molecule has 0 aliphatic rings. The highest BCUT2D eigenvalue weighted by atomic mass is 16.2. The van der Waals surface area contributed by atoms with Gasteiger partial charge < -0.3 is 5.32 Å². The first kappa shape index (κ1) is 9.17. The molecule has 0 saturated carbocycles. The lowest BCUT2D eigenvalue weighted by molar-refractivity contribution is -0.126. The number of nitrogens with one attached hydrogen (secondary N) is 3. The van der Waals surface area contributed by atoms with E-state index in [0.717, 1.165) is 0 Å². The second-order valence-electron chi connectivity index (χ2n) is 2.23. The molecule has 3 N–H and O–H groups in total. The van der Waals surface area contributed by atoms with Crippen molar-refractivity contribution in [2.45, 2.75) is 6.42 Å². The van der Waals surface area contributed by atoms with Crippen molar-refractivity contribution in [2.75, 3.05) is 12.4 Å². The van der Waals surface area contributed by atoms with Gasteiger partial charge in [-0.15, -0.1) is 0 Å². The Labute approximate surface area is 73.9 Å². The standard InChI is InChI=1S/C6H9N5O2/c1-7-4(12)2-5(13)10-6-8-3-9-11-6/h3H,2H2,1H3,(H,7,12)(H2,8,9,10,11,13). The molecular formula is C6H9N5O2. The van der Waals surface area contributed by atoms with E-state index in [1.807, 2.05) is 0 Å². The van der Waals surface area contributed by atoms with E-state index in [-0.39, 0.29) is 18.3 Å². The first-order valence-corrected chi connectivity index (χ1v) is 3.58. The van der Waals surface area contributed by atoms with Gasteiger partial charge in [0.05, 0.1) is 0 Å². The first-order chi connectivity index (χ1) is 6.22. The van der Waals surface area contributed by atoms with Crippen molar-refractivity contribution in [1.29, 1.82) is 0 Å². The highest BCUT2D eigenvalue weighted by Crippen LogP contribution is 1.93. The second kappa shape index (κ2) is 4.19. The number of hydrogen-bond donors (Lipinski definition) is 3. The number of nitrogens with zero attached hydrogens (tertiary/aromatic N) is 2. The SMILES string of the molecule is CNC(=O)CC(=O)Nc1ncn[nH]1. The monoisotopic (exact) mass is 183 g/mol. The summed E-state index contributed by atoms with van der Waals surface area (Å²) in [6, 6.07) is 0. The van der Waals surface area contributed by atoms with Gasteiger partial charge in [-0.2, -0.15) is 10.1 Å². The van der Waals surface area contributed by atoms with Gasteiger partial charge in [-0.1, -0.05) is 0 Å². The molecule has 1 rings (SSSR count). The Morgan fingerprint density at radius 3 is 2.85 bits per heavy atom. The van der Waals surface area contributed by atoms with Crippen LogP contribution in [-0.4, -0.2) is 34.0 Å². The molecule has 1 aromatic rings. The molecule has 0 atom stereocenters. The summed E-state index contributed by atoms with van der Waals surface area (Å²) in [5.74, 6) is -0.554. The summed E-state index contributed by atoms with van der Waals surface area (Å²) in [5.41, 5.74) is 0. The van der Waals surface area contributed by atoms with E-state index in [9.17, 15) is 9.59 Å². The molecule has 0 unspecified atom stereocenters. The minimum absolute atomic E-state index is 0.225. The Morgan fingerprint density at radius 2 is 2.31 bits per heavy atom. The maximum absolute atomic E-state index is 11.0. The van der Waals surface area contributed by atoms with Crippen LogP contribution in [0.5, 0.6) is 0 Å². The maximum atomic E-state index is 11.0. The quantitative estimate of drug-likeness (QED) is 0.517. The number of aromatic nitrogens is 3. The molecule has 0 saturated heterocycles. The summed E-state index contributed by atoms with van der Waals surface area (Å²) >= 11 is 0. The van der Waals surface area contributed by atoms with E-state index in [4.69, 9.17) is 0 Å². The third-order valence-corrected chi connectivity index (χ3v) is 1.27. The number of aromatic amines is 1. The molecule has 1 heterocycles. The Kier molecular flexibility index (Phi) is 2.96. The molecule has 0 aromatic carbocycles. The molecule has 13 heavy (non-hydrogen) atoms. The van der Waals surface area contributed by atoms with Gasteiger partial charge in [0.15, 0.2) is 0 Å². The van der Waals surface area contributed by atoms with Crippen LogP contribution in [0, 0.1) is 0 Å². The van der Waals surface area contributed by atoms with Gasteiger partial charge in [0, 0.05) is 7.05 Å². The van der Waals surface area contributed by atoms with Gasteiger partial charge in [0.2, 0.25) is 17.8 Å². The van der Waals surface area contributed by atoms with Crippen LogP contribution in [0.1, 0.15) is 6.42 Å². The maximum Gasteiger partial charge on any atom is 0.236 e. The lowest BCUT2D eigenvalue weighted by Gasteiger charge is -1.99. The summed E-state index contributed by atoms with van der Waals surface area (Å²) in [4.78, 5) is 25.4. The minimum Gasteiger partial charge on any atom is -0.359 e. The topological polar surface area (TPSA) is 99.8 Å². The van der Waals surface area contributed by atoms with Crippen LogP contribution < -0.4 is 10.6 Å². The summed E-state index contributed by atoms with van der Waals surface area (Å²) in [6.45, 7) is 0. The summed E-state index contributed by atoms with van der Waals surface area (Å²) in [5, 5.41) is 10.6. The van der Waals surface area contributed by atoms with Crippen LogP contribution in [0.4, 0.5) is 5.95 Å². The van der Waals surface area contributed by atoms with Crippen LogP contribution in [0.15, 0.2) is 6.33 Å². The van der Waals surface area contributed by atoms with Crippen LogP contribution in [0.2, 0.25) is 0 Å². The molecule has 0 fully saturated rings. The van der Waals surface area contributed by atoms with Crippen LogP contribution in [0.3, 0.4) is 0 Å². The van der Waals surface area contributed by atoms with E-state index in [2.05, 4.69) is 25.8 Å². The molecule has 1 aromatic heterocycles. The minimum atomic E-state index is -0.434. The Balaban J connectivity index is 2.38. The molecule has 70 valence electrons. The van der Waals surface area contributed by atoms with Crippen molar-refractivity contribution in [1.82, 2.24) is 20.5 Å². The molecule has 2 amide bonds. The van der Waals surface area contributed by atoms with Crippen molar-refractivity contribution in [3.63, 3.8) is 0 Å². The third kappa shape index (κ3) is 2.89. The number of hydrogen-bond acceptors (Lipinski definition) is 4. The molecule has 7 heteroatoms. The number of rotatable bonds is 3. The molecule has 0 radical (unpaired) electrons. The van der Waals surface area contributed by atoms with E-state index >= 15 is 0 Å². The molecule has 0 spiro atoms. The predicted molar refractivity (Wildman–Crippen MR) is 43.7 cm³/mol. The predicted octanol–water partition coefficient (Wildman–Crippen LogP) is -1.12. The number of amides is 2. The third-order valence-electron chi connectivity index (χ3n) is 1.27. The Hall–Kier alpha value is -1.92. The number of carbonyl (C=O) groups excluding carboxylic acids is 2. The normalized spacial score (nSPS) is 9.31. The molecule has 7 nitrogen and oxygen atoms in total. The van der Waals surface area contributed by atoms with Gasteiger partial charge in [0.1, 0.15) is 12.7 Å². The second-order valence-corrected chi connectivity index (χ2v) is 2.23. The highest BCUT2D eigenvalue weighted by molar-refractivity contribution is 6.02. The Morgan fingerprint density at radius 1 is 1.54 bits per heavy atom. The van der Waals surface area contributed by atoms with E-state index in [1.165, 1.54) is 13.4 Å². The van der Waals surface area contributed by atoms with E-state index in [1.54, 1.807) is 0 Å². The largest absolute Gasteiger partial charge is 0.359 e. The van der Waals surface area contributed by atoms with Crippen molar-refractivity contribution in [3.05, 3.63) is 6.33 Å². The van der Waals surface area contributed by atoms with Crippen LogP contribution >= 0.6 is 0 Å². The van der Waals surface area contributed by atoms with Crippen molar-refractivity contribution in [2.24, 2.45) is 0 Å². The van der Waals surface area contributed by atoms with Gasteiger partial charge in [-0.3, -0.25) is 14.9 Å². The fourth-order valence-corrected chi connectivity index (χ4v) is 0.676. The van der Waals surface area contributed by atoms with Crippen LogP contribution in [-0.2, 0) is 9.59 Å². The summed E-state index contributed by atoms with van der Waals surface area (Å²) in [7, 11) is 1.46. The highest BCUT2D eigenvalue weighted by Gasteiger charge is 2.08. The van der Waals surface area contributed by atoms with Crippen molar-refractivity contribution < 1.29 is 9.59 Å². The van der Waals surface area contributed by atoms with Gasteiger partial charge in [-0.05, 0) is 0 Å². The zero-order chi connectivity index (χ0) is 9.68. The lowest BCUT2D eigenvalue weighted by atomic mass is 10.4. The smallest absolute Gasteiger partial charge is 0.236 e. The Bertz CT molecular complexity index is 294. The lowest BCUT2D eigenvalue weighted by Crippen LogP contribution is -2.25. The average molecular weight is 183 g/mol. The van der Waals surface area contributed by atoms with Gasteiger partial charge in [-0.25, -0.2) is 5.10 Å². The van der Waals surface area contributed by atoms with Crippen molar-refractivity contribution in [3.8, 4) is 0 Å². The molecular weight excluding hydrogens is 174 g/mol. The van der Waals surface area contributed by atoms with Gasteiger partial charge in [0.25, 0.3) is 0 Å². The first-order valence-electron chi connectivity index (χ1n) is 3.58. The number of H-pyrrole nitrogens is 1. The molecule has 0 aliphatic carbocycles. The zero-order valence-electron chi connectivity index (χ0n) is 7.00. The fourth-order valence-electron chi connectivity index (χ4n) is 0.676. The molecule has 0 aliphatic heterocycles. The fraction of sp³-hybridized carbons (Fsp3) is 0.333. The number of anilines is 1. The van der Waals surface area contributed by atoms with Gasteiger partial charge >= 0.3 is 0 Å². The van der Waals surface area contributed by atoms with E-state index < -0.39 is 5.91 Å². The zero-order valence-corrected chi connectivity index (χ0v) is 7.00. The van der Waals surface area contributed by atoms with E-state index in [0.29, 0.717) is 0 Å². The summed E-state index contributed by atoms with van der Waals surface area (Å²) in [6.07, 6.45) is 1.03.